The van der Waals surface area contributed by atoms with Crippen LogP contribution in [0.25, 0.3) is 5.57 Å². The molecule has 11 heteroatoms. The highest BCUT2D eigenvalue weighted by Gasteiger charge is 2.27. The highest BCUT2D eigenvalue weighted by Crippen LogP contribution is 2.40. The molecule has 33 heavy (non-hydrogen) atoms. The monoisotopic (exact) mass is 474 g/mol. The third-order valence-electron chi connectivity index (χ3n) is 4.97. The topological polar surface area (TPSA) is 140 Å². The summed E-state index contributed by atoms with van der Waals surface area (Å²) in [6.45, 7) is 1.43. The van der Waals surface area contributed by atoms with Crippen LogP contribution in [0.15, 0.2) is 42.5 Å². The second-order valence-electron chi connectivity index (χ2n) is 7.50. The molecule has 2 amide bonds. The zero-order valence-electron chi connectivity index (χ0n) is 18.7. The normalized spacial score (nSPS) is 14.9. The van der Waals surface area contributed by atoms with Crippen LogP contribution in [-0.2, 0) is 19.6 Å². The second kappa shape index (κ2) is 9.41. The van der Waals surface area contributed by atoms with Gasteiger partial charge in [-0.25, -0.2) is 8.42 Å². The van der Waals surface area contributed by atoms with E-state index in [9.17, 15) is 18.0 Å². The van der Waals surface area contributed by atoms with E-state index >= 15 is 0 Å². The minimum atomic E-state index is -3.67. The number of benzene rings is 2. The number of sulfonamides is 1. The molecule has 176 valence electrons. The van der Waals surface area contributed by atoms with Crippen molar-refractivity contribution in [2.24, 2.45) is 5.73 Å². The lowest BCUT2D eigenvalue weighted by molar-refractivity contribution is -0.116. The van der Waals surface area contributed by atoms with Crippen LogP contribution in [0.1, 0.15) is 12.5 Å². The van der Waals surface area contributed by atoms with E-state index in [1.807, 2.05) is 6.92 Å². The summed E-state index contributed by atoms with van der Waals surface area (Å²) < 4.78 is 35.5. The minimum Gasteiger partial charge on any atom is -0.493 e. The Morgan fingerprint density at radius 3 is 2.33 bits per heavy atom. The molecule has 1 heterocycles. The van der Waals surface area contributed by atoms with Gasteiger partial charge >= 0.3 is 0 Å². The average molecular weight is 475 g/mol. The van der Waals surface area contributed by atoms with E-state index in [0.717, 1.165) is 10.6 Å². The van der Waals surface area contributed by atoms with Gasteiger partial charge in [-0.3, -0.25) is 13.9 Å². The molecule has 2 aromatic carbocycles. The van der Waals surface area contributed by atoms with Gasteiger partial charge < -0.3 is 25.8 Å². The maximum absolute atomic E-state index is 12.5. The van der Waals surface area contributed by atoms with Crippen molar-refractivity contribution < 1.29 is 27.5 Å². The summed E-state index contributed by atoms with van der Waals surface area (Å²) >= 11 is 0. The first kappa shape index (κ1) is 23.9. The quantitative estimate of drug-likeness (QED) is 0.471. The van der Waals surface area contributed by atoms with Crippen LogP contribution >= 0.6 is 0 Å². The Balaban J connectivity index is 1.81. The number of nitrogens with one attached hydrogen (secondary N) is 2. The van der Waals surface area contributed by atoms with Gasteiger partial charge in [0, 0.05) is 28.9 Å². The van der Waals surface area contributed by atoms with Crippen molar-refractivity contribution in [2.45, 2.75) is 13.0 Å². The van der Waals surface area contributed by atoms with Crippen molar-refractivity contribution in [3.05, 3.63) is 48.0 Å². The third kappa shape index (κ3) is 5.37. The number of hydrogen-bond donors (Lipinski definition) is 3. The van der Waals surface area contributed by atoms with E-state index in [0.29, 0.717) is 39.7 Å². The number of hydrogen-bond acceptors (Lipinski definition) is 7. The summed E-state index contributed by atoms with van der Waals surface area (Å²) in [5, 5.41) is 6.07. The smallest absolute Gasteiger partial charge is 0.256 e. The fourth-order valence-corrected chi connectivity index (χ4v) is 4.37. The molecular weight excluding hydrogens is 448 g/mol. The van der Waals surface area contributed by atoms with Gasteiger partial charge in [0.05, 0.1) is 31.9 Å². The van der Waals surface area contributed by atoms with E-state index in [4.69, 9.17) is 15.2 Å². The molecule has 10 nitrogen and oxygen atoms in total. The summed E-state index contributed by atoms with van der Waals surface area (Å²) in [5.74, 6) is 0.0385. The van der Waals surface area contributed by atoms with Crippen molar-refractivity contribution in [1.29, 1.82) is 0 Å². The molecular formula is C22H26N4O6S. The Labute approximate surface area is 192 Å². The summed E-state index contributed by atoms with van der Waals surface area (Å²) in [4.78, 5) is 23.8. The van der Waals surface area contributed by atoms with E-state index in [1.54, 1.807) is 42.5 Å². The molecule has 0 aromatic heterocycles. The van der Waals surface area contributed by atoms with Gasteiger partial charge in [-0.15, -0.1) is 0 Å². The predicted octanol–water partition coefficient (Wildman–Crippen LogP) is 1.79. The van der Waals surface area contributed by atoms with Crippen LogP contribution in [0, 0.1) is 0 Å². The van der Waals surface area contributed by atoms with Crippen molar-refractivity contribution >= 4 is 44.5 Å². The minimum absolute atomic E-state index is 0.237. The molecule has 1 unspecified atom stereocenters. The Kier molecular flexibility index (Phi) is 6.82. The second-order valence-corrected chi connectivity index (χ2v) is 9.41. The highest BCUT2D eigenvalue weighted by molar-refractivity contribution is 7.92. The van der Waals surface area contributed by atoms with Crippen molar-refractivity contribution in [2.75, 3.05) is 42.0 Å². The number of ether oxygens (including phenoxy) is 2. The molecule has 0 saturated carbocycles. The van der Waals surface area contributed by atoms with Crippen LogP contribution in [0.4, 0.5) is 17.1 Å². The lowest BCUT2D eigenvalue weighted by Gasteiger charge is -2.21. The van der Waals surface area contributed by atoms with Gasteiger partial charge in [0.2, 0.25) is 15.9 Å². The van der Waals surface area contributed by atoms with Gasteiger partial charge in [0.15, 0.2) is 11.5 Å². The highest BCUT2D eigenvalue weighted by atomic mass is 32.2. The average Bonchev–Trinajstić information content (AvgIpc) is 3.04. The number of carbonyl (C=O) groups is 2. The molecule has 0 aliphatic carbocycles. The van der Waals surface area contributed by atoms with E-state index in [2.05, 4.69) is 10.6 Å². The molecule has 0 radical (unpaired) electrons. The molecule has 3 rings (SSSR count). The van der Waals surface area contributed by atoms with Gasteiger partial charge in [0.25, 0.3) is 5.91 Å². The first-order chi connectivity index (χ1) is 15.5. The Morgan fingerprint density at radius 1 is 1.18 bits per heavy atom. The zero-order chi connectivity index (χ0) is 24.3. The number of methoxy groups -OCH3 is 2. The van der Waals surface area contributed by atoms with Crippen LogP contribution in [0.3, 0.4) is 0 Å². The van der Waals surface area contributed by atoms with Crippen LogP contribution in [-0.4, -0.2) is 53.3 Å². The number of primary amides is 1. The number of rotatable bonds is 9. The molecule has 1 aliphatic heterocycles. The number of nitrogens with zero attached hydrogens (tertiary/aromatic N) is 1. The first-order valence-corrected chi connectivity index (χ1v) is 11.8. The lowest BCUT2D eigenvalue weighted by atomic mass is 10.0. The summed E-state index contributed by atoms with van der Waals surface area (Å²) in [5.41, 5.74) is 8.02. The predicted molar refractivity (Wildman–Crippen MR) is 127 cm³/mol. The van der Waals surface area contributed by atoms with E-state index in [1.165, 1.54) is 14.2 Å². The number of carbonyl (C=O) groups excluding carboxylic acids is 2. The summed E-state index contributed by atoms with van der Waals surface area (Å²) in [6, 6.07) is 9.72. The third-order valence-corrected chi connectivity index (χ3v) is 6.11. The fourth-order valence-electron chi connectivity index (χ4n) is 3.50. The first-order valence-electron chi connectivity index (χ1n) is 9.95. The van der Waals surface area contributed by atoms with E-state index in [-0.39, 0.29) is 11.9 Å². The zero-order valence-corrected chi connectivity index (χ0v) is 19.5. The molecule has 0 fully saturated rings. The number of fused-ring (bicyclic) bond motifs is 1. The van der Waals surface area contributed by atoms with Gasteiger partial charge in [-0.2, -0.15) is 0 Å². The summed E-state index contributed by atoms with van der Waals surface area (Å²) in [6.07, 6.45) is 2.79. The Bertz CT molecular complexity index is 1210. The largest absolute Gasteiger partial charge is 0.493 e. The van der Waals surface area contributed by atoms with Crippen LogP contribution in [0.2, 0.25) is 0 Å². The molecule has 0 bridgehead atoms. The SMILES string of the molecule is COc1cc2c(cc1OC)C(=CC(C)Nc1ccc(N(CC(N)=O)S(C)(=O)=O)cc1)C(=O)N2. The maximum Gasteiger partial charge on any atom is 0.256 e. The maximum atomic E-state index is 12.5. The molecule has 0 saturated heterocycles. The van der Waals surface area contributed by atoms with Crippen LogP contribution < -0.4 is 30.1 Å². The molecule has 0 spiro atoms. The standard InChI is InChI=1S/C22H26N4O6S/c1-13(9-17-16-10-19(31-2)20(32-3)11-18(16)25-22(17)28)24-14-5-7-15(8-6-14)26(12-21(23)27)33(4,29)30/h5-11,13,24H,12H2,1-4H3,(H2,23,27)(H,25,28). The van der Waals surface area contributed by atoms with Gasteiger partial charge in [-0.1, -0.05) is 0 Å². The summed E-state index contributed by atoms with van der Waals surface area (Å²) in [7, 11) is -0.617. The molecule has 1 aliphatic rings. The molecule has 2 aromatic rings. The van der Waals surface area contributed by atoms with Crippen molar-refractivity contribution in [3.63, 3.8) is 0 Å². The van der Waals surface area contributed by atoms with E-state index < -0.39 is 22.5 Å². The molecule has 4 N–H and O–H groups in total. The number of anilines is 3. The van der Waals surface area contributed by atoms with Crippen molar-refractivity contribution in [1.82, 2.24) is 0 Å². The fraction of sp³-hybridized carbons (Fsp3) is 0.273. The van der Waals surface area contributed by atoms with Gasteiger partial charge in [0.1, 0.15) is 6.54 Å². The van der Waals surface area contributed by atoms with Gasteiger partial charge in [-0.05, 0) is 43.3 Å². The molecule has 1 atom stereocenters. The van der Waals surface area contributed by atoms with Crippen molar-refractivity contribution in [3.8, 4) is 11.5 Å². The number of amides is 2. The lowest BCUT2D eigenvalue weighted by Crippen LogP contribution is -2.37. The Morgan fingerprint density at radius 2 is 1.79 bits per heavy atom. The Hall–Kier alpha value is -3.73. The number of nitrogens with two attached hydrogens (primary N) is 1. The van der Waals surface area contributed by atoms with Crippen LogP contribution in [0.5, 0.6) is 11.5 Å².